The standard InChI is InChI=1S/C7H17O3PS/c1-6(2)7(8)5-11(12,9-3)10-4/h6-8H,5H2,1-4H3/t7-/m1/s1. The van der Waals surface area contributed by atoms with Gasteiger partial charge in [-0.3, -0.25) is 0 Å². The number of rotatable bonds is 5. The van der Waals surface area contributed by atoms with Crippen molar-refractivity contribution in [3.05, 3.63) is 0 Å². The average molecular weight is 212 g/mol. The number of hydrogen-bond donors (Lipinski definition) is 1. The molecule has 0 aromatic heterocycles. The highest BCUT2D eigenvalue weighted by Gasteiger charge is 2.22. The summed E-state index contributed by atoms with van der Waals surface area (Å²) in [5.74, 6) is 0.192. The molecule has 1 N–H and O–H groups in total. The minimum absolute atomic E-state index is 0.192. The summed E-state index contributed by atoms with van der Waals surface area (Å²) in [5, 5.41) is 9.53. The Morgan fingerprint density at radius 3 is 2.00 bits per heavy atom. The van der Waals surface area contributed by atoms with Gasteiger partial charge in [0.25, 0.3) is 0 Å². The lowest BCUT2D eigenvalue weighted by atomic mass is 10.1. The van der Waals surface area contributed by atoms with Crippen LogP contribution in [0.4, 0.5) is 0 Å². The van der Waals surface area contributed by atoms with E-state index in [-0.39, 0.29) is 5.92 Å². The first-order chi connectivity index (χ1) is 5.45. The molecule has 1 atom stereocenters. The molecule has 0 radical (unpaired) electrons. The zero-order chi connectivity index (χ0) is 9.78. The Morgan fingerprint density at radius 2 is 1.75 bits per heavy atom. The summed E-state index contributed by atoms with van der Waals surface area (Å²) in [6.07, 6.45) is -0.0109. The van der Waals surface area contributed by atoms with E-state index < -0.39 is 12.6 Å². The van der Waals surface area contributed by atoms with Crippen molar-refractivity contribution in [1.29, 1.82) is 0 Å². The smallest absolute Gasteiger partial charge is 0.190 e. The third-order valence-electron chi connectivity index (χ3n) is 1.74. The van der Waals surface area contributed by atoms with E-state index in [0.717, 1.165) is 0 Å². The molecule has 0 saturated heterocycles. The molecule has 5 heteroatoms. The second kappa shape index (κ2) is 5.30. The Balaban J connectivity index is 4.12. The van der Waals surface area contributed by atoms with Crippen molar-refractivity contribution < 1.29 is 14.2 Å². The molecular formula is C7H17O3PS. The van der Waals surface area contributed by atoms with Crippen LogP contribution in [0.15, 0.2) is 0 Å². The molecular weight excluding hydrogens is 195 g/mol. The molecule has 0 aromatic carbocycles. The Bertz CT molecular complexity index is 164. The summed E-state index contributed by atoms with van der Waals surface area (Å²) >= 11 is 5.11. The lowest BCUT2D eigenvalue weighted by Crippen LogP contribution is -2.20. The summed E-state index contributed by atoms with van der Waals surface area (Å²) in [6, 6.07) is 0. The van der Waals surface area contributed by atoms with Crippen LogP contribution in [-0.4, -0.2) is 31.6 Å². The molecule has 0 rings (SSSR count). The van der Waals surface area contributed by atoms with Crippen molar-refractivity contribution in [2.24, 2.45) is 5.92 Å². The van der Waals surface area contributed by atoms with Crippen LogP contribution in [-0.2, 0) is 20.9 Å². The third kappa shape index (κ3) is 3.97. The third-order valence-corrected chi connectivity index (χ3v) is 5.01. The molecule has 0 saturated carbocycles. The maximum Gasteiger partial charge on any atom is 0.190 e. The van der Waals surface area contributed by atoms with E-state index in [1.165, 1.54) is 14.2 Å². The van der Waals surface area contributed by atoms with Gasteiger partial charge in [-0.25, -0.2) is 0 Å². The summed E-state index contributed by atoms with van der Waals surface area (Å²) in [4.78, 5) is 0. The van der Waals surface area contributed by atoms with Crippen molar-refractivity contribution in [2.75, 3.05) is 20.4 Å². The van der Waals surface area contributed by atoms with Gasteiger partial charge in [0, 0.05) is 20.4 Å². The Labute approximate surface area is 79.2 Å². The number of aliphatic hydroxyl groups is 1. The van der Waals surface area contributed by atoms with Crippen LogP contribution in [0.2, 0.25) is 0 Å². The van der Waals surface area contributed by atoms with Crippen LogP contribution in [0.1, 0.15) is 13.8 Å². The Morgan fingerprint density at radius 1 is 1.33 bits per heavy atom. The molecule has 0 aliphatic rings. The average Bonchev–Trinajstić information content (AvgIpc) is 2.04. The summed E-state index contributed by atoms with van der Waals surface area (Å²) < 4.78 is 10.1. The monoisotopic (exact) mass is 212 g/mol. The van der Waals surface area contributed by atoms with Crippen LogP contribution in [0.3, 0.4) is 0 Å². The summed E-state index contributed by atoms with van der Waals surface area (Å²) in [6.45, 7) is 1.67. The lowest BCUT2D eigenvalue weighted by molar-refractivity contribution is 0.141. The fraction of sp³-hybridized carbons (Fsp3) is 1.00. The van der Waals surface area contributed by atoms with Crippen LogP contribution >= 0.6 is 6.49 Å². The first-order valence-corrected chi connectivity index (χ1v) is 6.66. The highest BCUT2D eigenvalue weighted by atomic mass is 32.5. The van der Waals surface area contributed by atoms with Crippen LogP contribution < -0.4 is 0 Å². The van der Waals surface area contributed by atoms with Crippen molar-refractivity contribution in [2.45, 2.75) is 20.0 Å². The molecule has 74 valence electrons. The molecule has 0 spiro atoms. The highest BCUT2D eigenvalue weighted by molar-refractivity contribution is 8.09. The van der Waals surface area contributed by atoms with E-state index in [2.05, 4.69) is 0 Å². The number of hydrogen-bond acceptors (Lipinski definition) is 4. The van der Waals surface area contributed by atoms with Gasteiger partial charge in [-0.1, -0.05) is 13.8 Å². The van der Waals surface area contributed by atoms with Gasteiger partial charge in [-0.15, -0.1) is 0 Å². The van der Waals surface area contributed by atoms with Crippen LogP contribution in [0, 0.1) is 5.92 Å². The van der Waals surface area contributed by atoms with Crippen molar-refractivity contribution in [3.63, 3.8) is 0 Å². The largest absolute Gasteiger partial charge is 0.392 e. The molecule has 0 amide bonds. The van der Waals surface area contributed by atoms with Gasteiger partial charge < -0.3 is 14.2 Å². The zero-order valence-electron chi connectivity index (χ0n) is 7.98. The zero-order valence-corrected chi connectivity index (χ0v) is 9.69. The van der Waals surface area contributed by atoms with Gasteiger partial charge in [-0.05, 0) is 17.7 Å². The molecule has 3 nitrogen and oxygen atoms in total. The topological polar surface area (TPSA) is 38.7 Å². The van der Waals surface area contributed by atoms with Crippen molar-refractivity contribution in [3.8, 4) is 0 Å². The van der Waals surface area contributed by atoms with Crippen molar-refractivity contribution >= 4 is 18.3 Å². The van der Waals surface area contributed by atoms with E-state index in [1.54, 1.807) is 0 Å². The second-order valence-electron chi connectivity index (χ2n) is 2.97. The quantitative estimate of drug-likeness (QED) is 0.703. The molecule has 0 unspecified atom stereocenters. The molecule has 0 heterocycles. The predicted molar refractivity (Wildman–Crippen MR) is 54.0 cm³/mol. The van der Waals surface area contributed by atoms with Gasteiger partial charge >= 0.3 is 0 Å². The van der Waals surface area contributed by atoms with E-state index in [9.17, 15) is 5.11 Å². The summed E-state index contributed by atoms with van der Waals surface area (Å²) in [5.41, 5.74) is 0. The van der Waals surface area contributed by atoms with Crippen LogP contribution in [0.5, 0.6) is 0 Å². The first kappa shape index (κ1) is 12.5. The van der Waals surface area contributed by atoms with E-state index in [1.807, 2.05) is 13.8 Å². The maximum atomic E-state index is 9.53. The van der Waals surface area contributed by atoms with Gasteiger partial charge in [0.05, 0.1) is 6.10 Å². The van der Waals surface area contributed by atoms with Gasteiger partial charge in [0.15, 0.2) is 6.49 Å². The normalized spacial score (nSPS) is 15.2. The SMILES string of the molecule is COP(=S)(C[C@@H](O)C(C)C)OC. The lowest BCUT2D eigenvalue weighted by Gasteiger charge is -2.22. The van der Waals surface area contributed by atoms with Gasteiger partial charge in [-0.2, -0.15) is 0 Å². The molecule has 0 fully saturated rings. The van der Waals surface area contributed by atoms with Gasteiger partial charge in [0.2, 0.25) is 0 Å². The predicted octanol–water partition coefficient (Wildman–Crippen LogP) is 1.61. The fourth-order valence-corrected chi connectivity index (χ4v) is 2.45. The van der Waals surface area contributed by atoms with E-state index >= 15 is 0 Å². The molecule has 0 aliphatic heterocycles. The van der Waals surface area contributed by atoms with E-state index in [4.69, 9.17) is 20.9 Å². The Kier molecular flexibility index (Phi) is 5.53. The fourth-order valence-electron chi connectivity index (χ4n) is 0.664. The molecule has 0 aromatic rings. The Hall–Kier alpha value is 0.530. The minimum Gasteiger partial charge on any atom is -0.392 e. The minimum atomic E-state index is -2.21. The van der Waals surface area contributed by atoms with Crippen LogP contribution in [0.25, 0.3) is 0 Å². The van der Waals surface area contributed by atoms with Crippen molar-refractivity contribution in [1.82, 2.24) is 0 Å². The summed E-state index contributed by atoms with van der Waals surface area (Å²) in [7, 11) is 3.05. The second-order valence-corrected chi connectivity index (χ2v) is 6.96. The first-order valence-electron chi connectivity index (χ1n) is 3.83. The highest BCUT2D eigenvalue weighted by Crippen LogP contribution is 2.47. The number of aliphatic hydroxyl groups excluding tert-OH is 1. The molecule has 0 bridgehead atoms. The van der Waals surface area contributed by atoms with E-state index in [0.29, 0.717) is 6.16 Å². The maximum absolute atomic E-state index is 9.53. The molecule has 12 heavy (non-hydrogen) atoms. The van der Waals surface area contributed by atoms with Gasteiger partial charge in [0.1, 0.15) is 0 Å². The molecule has 0 aliphatic carbocycles.